The van der Waals surface area contributed by atoms with E-state index in [1.807, 2.05) is 11.8 Å². The third kappa shape index (κ3) is 2.66. The van der Waals surface area contributed by atoms with Crippen molar-refractivity contribution in [1.82, 2.24) is 14.8 Å². The molecule has 0 amide bonds. The highest BCUT2D eigenvalue weighted by Gasteiger charge is 2.36. The van der Waals surface area contributed by atoms with E-state index in [-0.39, 0.29) is 0 Å². The van der Waals surface area contributed by atoms with Gasteiger partial charge in [-0.05, 0) is 43.4 Å². The van der Waals surface area contributed by atoms with E-state index in [2.05, 4.69) is 55.0 Å². The van der Waals surface area contributed by atoms with Crippen LogP contribution < -0.4 is 0 Å². The summed E-state index contributed by atoms with van der Waals surface area (Å²) in [7, 11) is 0. The van der Waals surface area contributed by atoms with Crippen molar-refractivity contribution in [1.29, 1.82) is 0 Å². The van der Waals surface area contributed by atoms with Crippen LogP contribution in [0.15, 0.2) is 33.9 Å². The van der Waals surface area contributed by atoms with Crippen LogP contribution in [0, 0.1) is 0 Å². The Balaban J connectivity index is 1.53. The van der Waals surface area contributed by atoms with E-state index in [9.17, 15) is 0 Å². The Hall–Kier alpha value is -0.810. The Bertz CT molecular complexity index is 632. The van der Waals surface area contributed by atoms with Crippen molar-refractivity contribution in [2.75, 3.05) is 0 Å². The van der Waals surface area contributed by atoms with Crippen LogP contribution in [0.5, 0.6) is 0 Å². The van der Waals surface area contributed by atoms with E-state index in [0.717, 1.165) is 15.4 Å². The lowest BCUT2D eigenvalue weighted by Crippen LogP contribution is -2.01. The van der Waals surface area contributed by atoms with Crippen LogP contribution in [0.25, 0.3) is 0 Å². The van der Waals surface area contributed by atoms with E-state index < -0.39 is 0 Å². The smallest absolute Gasteiger partial charge is 0.191 e. The zero-order valence-corrected chi connectivity index (χ0v) is 13.5. The molecule has 0 radical (unpaired) electrons. The van der Waals surface area contributed by atoms with Crippen molar-refractivity contribution in [3.8, 4) is 0 Å². The first-order valence-electron chi connectivity index (χ1n) is 7.13. The highest BCUT2D eigenvalue weighted by atomic mass is 79.9. The largest absolute Gasteiger partial charge is 0.303 e. The van der Waals surface area contributed by atoms with Crippen molar-refractivity contribution in [3.05, 3.63) is 40.1 Å². The van der Waals surface area contributed by atoms with Crippen molar-refractivity contribution >= 4 is 27.7 Å². The average Bonchev–Trinajstić information content (AvgIpc) is 3.35. The van der Waals surface area contributed by atoms with Crippen molar-refractivity contribution < 1.29 is 0 Å². The van der Waals surface area contributed by atoms with Gasteiger partial charge in [-0.2, -0.15) is 0 Å². The van der Waals surface area contributed by atoms with Crippen molar-refractivity contribution in [2.45, 2.75) is 48.6 Å². The van der Waals surface area contributed by atoms with Crippen LogP contribution in [0.3, 0.4) is 0 Å². The normalized spacial score (nSPS) is 18.4. The lowest BCUT2D eigenvalue weighted by atomic mass is 10.2. The van der Waals surface area contributed by atoms with Crippen molar-refractivity contribution in [3.63, 3.8) is 0 Å². The Morgan fingerprint density at radius 1 is 1.20 bits per heavy atom. The summed E-state index contributed by atoms with van der Waals surface area (Å²) in [6.45, 7) is 0. The molecule has 2 aliphatic carbocycles. The van der Waals surface area contributed by atoms with E-state index in [0.29, 0.717) is 12.0 Å². The highest BCUT2D eigenvalue weighted by Crippen LogP contribution is 2.46. The van der Waals surface area contributed by atoms with Crippen molar-refractivity contribution in [2.24, 2.45) is 0 Å². The van der Waals surface area contributed by atoms with Gasteiger partial charge in [-0.15, -0.1) is 10.2 Å². The molecular weight excluding hydrogens is 334 g/mol. The number of benzene rings is 1. The third-order valence-corrected chi connectivity index (χ3v) is 5.31. The van der Waals surface area contributed by atoms with Gasteiger partial charge in [0.2, 0.25) is 0 Å². The van der Waals surface area contributed by atoms with Crippen LogP contribution in [0.2, 0.25) is 0 Å². The lowest BCUT2D eigenvalue weighted by Gasteiger charge is -2.08. The maximum atomic E-state index is 4.45. The number of hydrogen-bond donors (Lipinski definition) is 0. The third-order valence-electron chi connectivity index (χ3n) is 3.80. The summed E-state index contributed by atoms with van der Waals surface area (Å²) < 4.78 is 3.55. The molecule has 0 unspecified atom stereocenters. The predicted molar refractivity (Wildman–Crippen MR) is 84.0 cm³/mol. The molecule has 0 N–H and O–H groups in total. The topological polar surface area (TPSA) is 30.7 Å². The van der Waals surface area contributed by atoms with Crippen LogP contribution in [0.4, 0.5) is 0 Å². The van der Waals surface area contributed by atoms with E-state index in [4.69, 9.17) is 0 Å². The summed E-state index contributed by atoms with van der Waals surface area (Å²) in [6, 6.07) is 9.16. The van der Waals surface area contributed by atoms with Gasteiger partial charge in [0.1, 0.15) is 5.82 Å². The SMILES string of the molecule is Brc1cccc(CSc2nnc(C3CC3)n2C2CC2)c1. The number of aromatic nitrogens is 3. The van der Waals surface area contributed by atoms with Crippen LogP contribution in [0.1, 0.15) is 49.0 Å². The highest BCUT2D eigenvalue weighted by molar-refractivity contribution is 9.10. The zero-order chi connectivity index (χ0) is 13.5. The van der Waals surface area contributed by atoms with E-state index in [1.54, 1.807) is 0 Å². The molecule has 1 heterocycles. The summed E-state index contributed by atoms with van der Waals surface area (Å²) in [5.41, 5.74) is 1.32. The molecule has 4 rings (SSSR count). The molecule has 2 aromatic rings. The molecule has 20 heavy (non-hydrogen) atoms. The molecule has 1 aromatic heterocycles. The summed E-state index contributed by atoms with van der Waals surface area (Å²) in [6.07, 6.45) is 5.17. The number of halogens is 1. The molecular formula is C15H16BrN3S. The van der Waals surface area contributed by atoms with Gasteiger partial charge in [0.25, 0.3) is 0 Å². The monoisotopic (exact) mass is 349 g/mol. The lowest BCUT2D eigenvalue weighted by molar-refractivity contribution is 0.627. The van der Waals surface area contributed by atoms with Gasteiger partial charge in [-0.25, -0.2) is 0 Å². The number of rotatable bonds is 5. The molecule has 0 atom stereocenters. The Morgan fingerprint density at radius 2 is 2.05 bits per heavy atom. The number of nitrogens with zero attached hydrogens (tertiary/aromatic N) is 3. The molecule has 2 saturated carbocycles. The minimum atomic E-state index is 0.672. The van der Waals surface area contributed by atoms with Gasteiger partial charge >= 0.3 is 0 Å². The minimum Gasteiger partial charge on any atom is -0.303 e. The molecule has 104 valence electrons. The predicted octanol–water partition coefficient (Wildman–Crippen LogP) is 4.55. The second-order valence-corrected chi connectivity index (χ2v) is 7.49. The first-order chi connectivity index (χ1) is 9.81. The fourth-order valence-electron chi connectivity index (χ4n) is 2.46. The first kappa shape index (κ1) is 12.9. The van der Waals surface area contributed by atoms with Gasteiger partial charge < -0.3 is 4.57 Å². The fraction of sp³-hybridized carbons (Fsp3) is 0.467. The molecule has 0 spiro atoms. The summed E-state index contributed by atoms with van der Waals surface area (Å²) >= 11 is 5.34. The number of hydrogen-bond acceptors (Lipinski definition) is 3. The molecule has 2 aliphatic rings. The maximum absolute atomic E-state index is 4.45. The molecule has 0 bridgehead atoms. The molecule has 3 nitrogen and oxygen atoms in total. The van der Waals surface area contributed by atoms with Crippen LogP contribution in [-0.2, 0) is 5.75 Å². The summed E-state index contributed by atoms with van der Waals surface area (Å²) in [5, 5.41) is 10.00. The number of thioether (sulfide) groups is 1. The second-order valence-electron chi connectivity index (χ2n) is 5.63. The second kappa shape index (κ2) is 5.19. The molecule has 2 fully saturated rings. The Morgan fingerprint density at radius 3 is 2.75 bits per heavy atom. The van der Waals surface area contributed by atoms with Gasteiger partial charge in [0, 0.05) is 22.2 Å². The Kier molecular flexibility index (Phi) is 3.34. The zero-order valence-electron chi connectivity index (χ0n) is 11.1. The van der Waals surface area contributed by atoms with Crippen LogP contribution >= 0.6 is 27.7 Å². The summed E-state index contributed by atoms with van der Waals surface area (Å²) in [4.78, 5) is 0. The molecule has 1 aromatic carbocycles. The average molecular weight is 350 g/mol. The molecule has 0 aliphatic heterocycles. The quantitative estimate of drug-likeness (QED) is 0.742. The minimum absolute atomic E-state index is 0.672. The van der Waals surface area contributed by atoms with Crippen LogP contribution in [-0.4, -0.2) is 14.8 Å². The van der Waals surface area contributed by atoms with Gasteiger partial charge in [-0.1, -0.05) is 39.8 Å². The Labute approximate surface area is 131 Å². The van der Waals surface area contributed by atoms with Gasteiger partial charge in [0.15, 0.2) is 5.16 Å². The van der Waals surface area contributed by atoms with E-state index in [1.165, 1.54) is 37.1 Å². The molecule has 5 heteroatoms. The van der Waals surface area contributed by atoms with Gasteiger partial charge in [0.05, 0.1) is 0 Å². The standard InChI is InChI=1S/C15H16BrN3S/c16-12-3-1-2-10(8-12)9-20-15-18-17-14(11-4-5-11)19(15)13-6-7-13/h1-3,8,11,13H,4-7,9H2. The van der Waals surface area contributed by atoms with Gasteiger partial charge in [-0.3, -0.25) is 0 Å². The maximum Gasteiger partial charge on any atom is 0.191 e. The first-order valence-corrected chi connectivity index (χ1v) is 8.91. The van der Waals surface area contributed by atoms with E-state index >= 15 is 0 Å². The fourth-order valence-corrected chi connectivity index (χ4v) is 3.86. The summed E-state index contributed by atoms with van der Waals surface area (Å²) in [5.74, 6) is 2.88. The molecule has 0 saturated heterocycles.